The molecule has 1 saturated heterocycles. The van der Waals surface area contributed by atoms with E-state index in [9.17, 15) is 13.6 Å². The Morgan fingerprint density at radius 1 is 1.15 bits per heavy atom. The van der Waals surface area contributed by atoms with Crippen LogP contribution >= 0.6 is 11.3 Å². The first-order valence-electron chi connectivity index (χ1n) is 10.8. The molecule has 5 rings (SSSR count). The lowest BCUT2D eigenvalue weighted by Gasteiger charge is -2.34. The van der Waals surface area contributed by atoms with Crippen LogP contribution in [-0.4, -0.2) is 34.9 Å². The molecule has 8 heteroatoms. The van der Waals surface area contributed by atoms with Gasteiger partial charge >= 0.3 is 0 Å². The van der Waals surface area contributed by atoms with E-state index < -0.39 is 11.6 Å². The number of piperidine rings is 1. The first-order valence-corrected chi connectivity index (χ1v) is 11.7. The highest BCUT2D eigenvalue weighted by molar-refractivity contribution is 7.13. The SMILES string of the molecule is N[C@H]1CCCN(c2c(CC(=O)c3csc(-c4c(F)cccc4F)n3)cnc3ccccc23)C1. The van der Waals surface area contributed by atoms with Gasteiger partial charge in [-0.25, -0.2) is 13.8 Å². The summed E-state index contributed by atoms with van der Waals surface area (Å²) in [6.07, 6.45) is 3.78. The molecule has 3 heterocycles. The number of halogens is 2. The lowest BCUT2D eigenvalue weighted by Crippen LogP contribution is -2.43. The van der Waals surface area contributed by atoms with Gasteiger partial charge in [0.25, 0.3) is 0 Å². The van der Waals surface area contributed by atoms with Crippen LogP contribution in [0.3, 0.4) is 0 Å². The van der Waals surface area contributed by atoms with Crippen molar-refractivity contribution in [1.29, 1.82) is 0 Å². The van der Waals surface area contributed by atoms with E-state index in [0.717, 1.165) is 52.9 Å². The average Bonchev–Trinajstić information content (AvgIpc) is 3.29. The number of para-hydroxylation sites is 1. The standard InChI is InChI=1S/C25H22F2N4OS/c26-18-7-3-8-19(27)23(18)25-30-21(14-33-25)22(32)11-15-12-29-20-9-2-1-6-17(20)24(15)31-10-4-5-16(28)13-31/h1-3,6-9,12,14,16H,4-5,10-11,13,28H2/t16-/m0/s1. The molecule has 0 aliphatic carbocycles. The van der Waals surface area contributed by atoms with Crippen LogP contribution in [0.25, 0.3) is 21.5 Å². The second-order valence-corrected chi connectivity index (χ2v) is 9.09. The van der Waals surface area contributed by atoms with Gasteiger partial charge in [0.1, 0.15) is 22.3 Å². The van der Waals surface area contributed by atoms with Crippen molar-refractivity contribution < 1.29 is 13.6 Å². The first kappa shape index (κ1) is 21.6. The summed E-state index contributed by atoms with van der Waals surface area (Å²) in [5, 5.41) is 2.67. The third kappa shape index (κ3) is 4.24. The molecular formula is C25H22F2N4OS. The van der Waals surface area contributed by atoms with E-state index in [1.54, 1.807) is 11.6 Å². The molecule has 2 aromatic carbocycles. The zero-order chi connectivity index (χ0) is 22.9. The molecular weight excluding hydrogens is 442 g/mol. The van der Waals surface area contributed by atoms with Crippen molar-refractivity contribution in [3.8, 4) is 10.6 Å². The molecule has 5 nitrogen and oxygen atoms in total. The molecule has 2 N–H and O–H groups in total. The van der Waals surface area contributed by atoms with Crippen molar-refractivity contribution in [2.75, 3.05) is 18.0 Å². The molecule has 33 heavy (non-hydrogen) atoms. The summed E-state index contributed by atoms with van der Waals surface area (Å²) in [4.78, 5) is 24.2. The normalized spacial score (nSPS) is 16.3. The first-order chi connectivity index (χ1) is 16.0. The predicted molar refractivity (Wildman–Crippen MR) is 127 cm³/mol. The summed E-state index contributed by atoms with van der Waals surface area (Å²) in [7, 11) is 0. The quantitative estimate of drug-likeness (QED) is 0.422. The molecule has 0 unspecified atom stereocenters. The monoisotopic (exact) mass is 464 g/mol. The van der Waals surface area contributed by atoms with Gasteiger partial charge in [0.05, 0.1) is 16.8 Å². The van der Waals surface area contributed by atoms with E-state index >= 15 is 0 Å². The minimum Gasteiger partial charge on any atom is -0.369 e. The number of thiazole rings is 1. The molecule has 1 aliphatic heterocycles. The van der Waals surface area contributed by atoms with Crippen molar-refractivity contribution in [3.05, 3.63) is 76.9 Å². The maximum absolute atomic E-state index is 14.1. The number of hydrogen-bond acceptors (Lipinski definition) is 6. The molecule has 4 aromatic rings. The number of pyridine rings is 1. The van der Waals surface area contributed by atoms with E-state index in [-0.39, 0.29) is 34.5 Å². The van der Waals surface area contributed by atoms with Gasteiger partial charge in [-0.3, -0.25) is 9.78 Å². The number of aromatic nitrogens is 2. The Labute approximate surface area is 193 Å². The lowest BCUT2D eigenvalue weighted by atomic mass is 9.99. The number of anilines is 1. The van der Waals surface area contributed by atoms with E-state index in [1.807, 2.05) is 24.3 Å². The number of rotatable bonds is 5. The summed E-state index contributed by atoms with van der Waals surface area (Å²) in [5.41, 5.74) is 8.83. The molecule has 168 valence electrons. The molecule has 1 aliphatic rings. The van der Waals surface area contributed by atoms with Gasteiger partial charge in [-0.1, -0.05) is 24.3 Å². The van der Waals surface area contributed by atoms with Gasteiger partial charge in [0, 0.05) is 48.1 Å². The fourth-order valence-corrected chi connectivity index (χ4v) is 5.24. The summed E-state index contributed by atoms with van der Waals surface area (Å²) in [5.74, 6) is -1.63. The van der Waals surface area contributed by atoms with Crippen LogP contribution in [0.4, 0.5) is 14.5 Å². The second kappa shape index (κ2) is 8.96. The number of fused-ring (bicyclic) bond motifs is 1. The third-order valence-corrected chi connectivity index (χ3v) is 6.77. The number of carbonyl (C=O) groups is 1. The molecule has 1 fully saturated rings. The number of hydrogen-bond donors (Lipinski definition) is 1. The van der Waals surface area contributed by atoms with Crippen molar-refractivity contribution in [2.45, 2.75) is 25.3 Å². The number of carbonyl (C=O) groups excluding carboxylic acids is 1. The van der Waals surface area contributed by atoms with Gasteiger partial charge < -0.3 is 10.6 Å². The maximum Gasteiger partial charge on any atom is 0.186 e. The fourth-order valence-electron chi connectivity index (χ4n) is 4.37. The van der Waals surface area contributed by atoms with Crippen LogP contribution < -0.4 is 10.6 Å². The average molecular weight is 465 g/mol. The zero-order valence-corrected chi connectivity index (χ0v) is 18.6. The summed E-state index contributed by atoms with van der Waals surface area (Å²) in [6, 6.07) is 11.6. The van der Waals surface area contributed by atoms with Gasteiger partial charge in [-0.2, -0.15) is 0 Å². The molecule has 2 aromatic heterocycles. The Bertz CT molecular complexity index is 1320. The minimum atomic E-state index is -0.703. The van der Waals surface area contributed by atoms with E-state index in [2.05, 4.69) is 14.9 Å². The van der Waals surface area contributed by atoms with E-state index in [0.29, 0.717) is 6.54 Å². The van der Waals surface area contributed by atoms with Crippen molar-refractivity contribution >= 4 is 33.7 Å². The van der Waals surface area contributed by atoms with Crippen LogP contribution in [0.2, 0.25) is 0 Å². The summed E-state index contributed by atoms with van der Waals surface area (Å²) >= 11 is 1.05. The Kier molecular flexibility index (Phi) is 5.86. The molecule has 0 bridgehead atoms. The topological polar surface area (TPSA) is 72.1 Å². The van der Waals surface area contributed by atoms with Crippen LogP contribution in [0, 0.1) is 11.6 Å². The summed E-state index contributed by atoms with van der Waals surface area (Å²) < 4.78 is 28.3. The van der Waals surface area contributed by atoms with Crippen molar-refractivity contribution in [2.24, 2.45) is 5.73 Å². The third-order valence-electron chi connectivity index (χ3n) is 5.91. The summed E-state index contributed by atoms with van der Waals surface area (Å²) in [6.45, 7) is 1.57. The van der Waals surface area contributed by atoms with Crippen molar-refractivity contribution in [1.82, 2.24) is 9.97 Å². The number of Topliss-reactive ketones (excluding diaryl/α,β-unsaturated/α-hetero) is 1. The fraction of sp³-hybridized carbons (Fsp3) is 0.240. The zero-order valence-electron chi connectivity index (χ0n) is 17.8. The number of ketones is 1. The van der Waals surface area contributed by atoms with Crippen LogP contribution in [-0.2, 0) is 6.42 Å². The predicted octanol–water partition coefficient (Wildman–Crippen LogP) is 4.99. The molecule has 0 spiro atoms. The maximum atomic E-state index is 14.1. The van der Waals surface area contributed by atoms with Gasteiger partial charge in [-0.15, -0.1) is 11.3 Å². The Balaban J connectivity index is 1.49. The molecule has 0 amide bonds. The minimum absolute atomic E-state index is 0.0750. The van der Waals surface area contributed by atoms with Crippen LogP contribution in [0.1, 0.15) is 28.9 Å². The van der Waals surface area contributed by atoms with Crippen molar-refractivity contribution in [3.63, 3.8) is 0 Å². The Morgan fingerprint density at radius 2 is 1.94 bits per heavy atom. The number of nitrogens with zero attached hydrogens (tertiary/aromatic N) is 3. The highest BCUT2D eigenvalue weighted by Gasteiger charge is 2.24. The number of nitrogens with two attached hydrogens (primary N) is 1. The molecule has 0 saturated carbocycles. The molecule has 0 radical (unpaired) electrons. The van der Waals surface area contributed by atoms with Gasteiger partial charge in [-0.05, 0) is 31.0 Å². The highest BCUT2D eigenvalue weighted by Crippen LogP contribution is 2.33. The Hall–Kier alpha value is -3.23. The van der Waals surface area contributed by atoms with E-state index in [1.165, 1.54) is 18.2 Å². The number of benzene rings is 2. The van der Waals surface area contributed by atoms with Crippen LogP contribution in [0.15, 0.2) is 54.0 Å². The van der Waals surface area contributed by atoms with Gasteiger partial charge in [0.15, 0.2) is 5.78 Å². The largest absolute Gasteiger partial charge is 0.369 e. The second-order valence-electron chi connectivity index (χ2n) is 8.23. The van der Waals surface area contributed by atoms with Crippen LogP contribution in [0.5, 0.6) is 0 Å². The van der Waals surface area contributed by atoms with E-state index in [4.69, 9.17) is 5.73 Å². The smallest absolute Gasteiger partial charge is 0.186 e. The molecule has 1 atom stereocenters. The van der Waals surface area contributed by atoms with Gasteiger partial charge in [0.2, 0.25) is 0 Å². The lowest BCUT2D eigenvalue weighted by molar-refractivity contribution is 0.0989. The highest BCUT2D eigenvalue weighted by atomic mass is 32.1. The Morgan fingerprint density at radius 3 is 2.73 bits per heavy atom.